The number of aliphatic hydroxyl groups is 1. The monoisotopic (exact) mass is 293 g/mol. The van der Waals surface area contributed by atoms with Crippen LogP contribution in [0, 0.1) is 5.41 Å². The lowest BCUT2D eigenvalue weighted by Gasteiger charge is -2.31. The van der Waals surface area contributed by atoms with Gasteiger partial charge in [0.05, 0.1) is 0 Å². The third-order valence-electron chi connectivity index (χ3n) is 4.58. The zero-order chi connectivity index (χ0) is 15.1. The van der Waals surface area contributed by atoms with Crippen molar-refractivity contribution < 1.29 is 14.6 Å². The van der Waals surface area contributed by atoms with Gasteiger partial charge in [-0.15, -0.1) is 0 Å². The summed E-state index contributed by atoms with van der Waals surface area (Å²) >= 11 is 0. The van der Waals surface area contributed by atoms with E-state index in [-0.39, 0.29) is 12.0 Å². The van der Waals surface area contributed by atoms with Gasteiger partial charge in [0, 0.05) is 19.7 Å². The first kappa shape index (κ1) is 16.1. The van der Waals surface area contributed by atoms with Crippen LogP contribution in [0.3, 0.4) is 0 Å². The highest BCUT2D eigenvalue weighted by molar-refractivity contribution is 5.43. The number of hydrogen-bond donors (Lipinski definition) is 2. The fraction of sp³-hybridized carbons (Fsp3) is 0.647. The van der Waals surface area contributed by atoms with Crippen molar-refractivity contribution in [1.82, 2.24) is 5.32 Å². The van der Waals surface area contributed by atoms with Crippen LogP contribution in [0.25, 0.3) is 0 Å². The Kier molecular flexibility index (Phi) is 5.88. The van der Waals surface area contributed by atoms with E-state index in [0.29, 0.717) is 13.2 Å². The number of nitrogens with one attached hydrogen (secondary N) is 1. The SMILES string of the molecule is CCC(CC)(CCO)CNCc1ccc2c(c1)OCCO2. The lowest BCUT2D eigenvalue weighted by molar-refractivity contribution is 0.163. The smallest absolute Gasteiger partial charge is 0.161 e. The maximum atomic E-state index is 9.25. The quantitative estimate of drug-likeness (QED) is 0.774. The van der Waals surface area contributed by atoms with E-state index in [9.17, 15) is 5.11 Å². The molecule has 118 valence electrons. The first-order valence-corrected chi connectivity index (χ1v) is 7.93. The summed E-state index contributed by atoms with van der Waals surface area (Å²) in [6, 6.07) is 6.10. The summed E-state index contributed by atoms with van der Waals surface area (Å²) in [6.45, 7) is 7.64. The average Bonchev–Trinajstić information content (AvgIpc) is 2.54. The molecule has 1 aliphatic heterocycles. The Bertz CT molecular complexity index is 444. The Labute approximate surface area is 127 Å². The third kappa shape index (κ3) is 4.11. The molecule has 0 amide bonds. The lowest BCUT2D eigenvalue weighted by Crippen LogP contribution is -2.34. The number of aliphatic hydroxyl groups excluding tert-OH is 1. The van der Waals surface area contributed by atoms with E-state index in [1.807, 2.05) is 12.1 Å². The van der Waals surface area contributed by atoms with Gasteiger partial charge in [0.1, 0.15) is 13.2 Å². The Morgan fingerprint density at radius 1 is 1.14 bits per heavy atom. The van der Waals surface area contributed by atoms with Crippen LogP contribution >= 0.6 is 0 Å². The molecule has 4 heteroatoms. The summed E-state index contributed by atoms with van der Waals surface area (Å²) in [4.78, 5) is 0. The molecule has 1 aromatic rings. The van der Waals surface area contributed by atoms with Gasteiger partial charge < -0.3 is 19.9 Å². The molecule has 2 rings (SSSR count). The minimum Gasteiger partial charge on any atom is -0.486 e. The molecule has 1 aromatic carbocycles. The second-order valence-corrected chi connectivity index (χ2v) is 5.76. The Hall–Kier alpha value is -1.26. The molecule has 0 bridgehead atoms. The first-order valence-electron chi connectivity index (χ1n) is 7.93. The van der Waals surface area contributed by atoms with Crippen molar-refractivity contribution in [2.45, 2.75) is 39.7 Å². The first-order chi connectivity index (χ1) is 10.2. The average molecular weight is 293 g/mol. The van der Waals surface area contributed by atoms with Crippen LogP contribution in [-0.2, 0) is 6.54 Å². The predicted octanol–water partition coefficient (Wildman–Crippen LogP) is 2.74. The standard InChI is InChI=1S/C17H27NO3/c1-3-17(4-2,7-8-19)13-18-12-14-5-6-15-16(11-14)21-10-9-20-15/h5-6,11,18-19H,3-4,7-10,12-13H2,1-2H3. The number of hydrogen-bond acceptors (Lipinski definition) is 4. The fourth-order valence-electron chi connectivity index (χ4n) is 2.85. The van der Waals surface area contributed by atoms with Crippen LogP contribution in [0.15, 0.2) is 18.2 Å². The molecular formula is C17H27NO3. The normalized spacial score (nSPS) is 14.2. The summed E-state index contributed by atoms with van der Waals surface area (Å²) in [5.41, 5.74) is 1.40. The van der Waals surface area contributed by atoms with E-state index in [0.717, 1.165) is 43.9 Å². The molecule has 0 saturated carbocycles. The van der Waals surface area contributed by atoms with Gasteiger partial charge in [0.2, 0.25) is 0 Å². The predicted molar refractivity (Wildman–Crippen MR) is 83.9 cm³/mol. The van der Waals surface area contributed by atoms with Gasteiger partial charge in [-0.3, -0.25) is 0 Å². The van der Waals surface area contributed by atoms with Gasteiger partial charge in [0.15, 0.2) is 11.5 Å². The molecular weight excluding hydrogens is 266 g/mol. The Morgan fingerprint density at radius 2 is 1.86 bits per heavy atom. The van der Waals surface area contributed by atoms with E-state index >= 15 is 0 Å². The van der Waals surface area contributed by atoms with Crippen LogP contribution in [-0.4, -0.2) is 31.5 Å². The van der Waals surface area contributed by atoms with Crippen molar-refractivity contribution in [3.05, 3.63) is 23.8 Å². The zero-order valence-electron chi connectivity index (χ0n) is 13.2. The molecule has 0 unspecified atom stereocenters. The van der Waals surface area contributed by atoms with Gasteiger partial charge in [-0.1, -0.05) is 19.9 Å². The van der Waals surface area contributed by atoms with Crippen molar-refractivity contribution in [1.29, 1.82) is 0 Å². The minimum absolute atomic E-state index is 0.197. The second-order valence-electron chi connectivity index (χ2n) is 5.76. The van der Waals surface area contributed by atoms with Crippen LogP contribution in [0.1, 0.15) is 38.7 Å². The lowest BCUT2D eigenvalue weighted by atomic mass is 9.79. The van der Waals surface area contributed by atoms with Gasteiger partial charge in [-0.25, -0.2) is 0 Å². The van der Waals surface area contributed by atoms with E-state index in [2.05, 4.69) is 25.2 Å². The highest BCUT2D eigenvalue weighted by atomic mass is 16.6. The largest absolute Gasteiger partial charge is 0.486 e. The van der Waals surface area contributed by atoms with Gasteiger partial charge >= 0.3 is 0 Å². The summed E-state index contributed by atoms with van der Waals surface area (Å²) in [6.07, 6.45) is 3.02. The summed E-state index contributed by atoms with van der Waals surface area (Å²) < 4.78 is 11.1. The Balaban J connectivity index is 1.90. The van der Waals surface area contributed by atoms with Gasteiger partial charge in [-0.05, 0) is 42.4 Å². The molecule has 0 atom stereocenters. The van der Waals surface area contributed by atoms with Crippen molar-refractivity contribution in [3.63, 3.8) is 0 Å². The molecule has 0 radical (unpaired) electrons. The fourth-order valence-corrected chi connectivity index (χ4v) is 2.85. The maximum absolute atomic E-state index is 9.25. The molecule has 0 spiro atoms. The van der Waals surface area contributed by atoms with Crippen molar-refractivity contribution in [3.8, 4) is 11.5 Å². The number of fused-ring (bicyclic) bond motifs is 1. The molecule has 2 N–H and O–H groups in total. The van der Waals surface area contributed by atoms with E-state index in [4.69, 9.17) is 9.47 Å². The summed E-state index contributed by atoms with van der Waals surface area (Å²) in [5, 5.41) is 12.8. The van der Waals surface area contributed by atoms with Crippen LogP contribution in [0.4, 0.5) is 0 Å². The molecule has 21 heavy (non-hydrogen) atoms. The second kappa shape index (κ2) is 7.66. The van der Waals surface area contributed by atoms with Crippen molar-refractivity contribution in [2.24, 2.45) is 5.41 Å². The molecule has 1 heterocycles. The molecule has 0 fully saturated rings. The number of benzene rings is 1. The summed E-state index contributed by atoms with van der Waals surface area (Å²) in [7, 11) is 0. The molecule has 0 aromatic heterocycles. The van der Waals surface area contributed by atoms with E-state index in [1.165, 1.54) is 5.56 Å². The van der Waals surface area contributed by atoms with Gasteiger partial charge in [-0.2, -0.15) is 0 Å². The van der Waals surface area contributed by atoms with Crippen molar-refractivity contribution >= 4 is 0 Å². The highest BCUT2D eigenvalue weighted by Crippen LogP contribution is 2.31. The Morgan fingerprint density at radius 3 is 2.52 bits per heavy atom. The number of rotatable bonds is 8. The van der Waals surface area contributed by atoms with E-state index in [1.54, 1.807) is 0 Å². The van der Waals surface area contributed by atoms with Crippen LogP contribution in [0.2, 0.25) is 0 Å². The van der Waals surface area contributed by atoms with Crippen molar-refractivity contribution in [2.75, 3.05) is 26.4 Å². The maximum Gasteiger partial charge on any atom is 0.161 e. The molecule has 0 saturated heterocycles. The topological polar surface area (TPSA) is 50.7 Å². The third-order valence-corrected chi connectivity index (χ3v) is 4.58. The summed E-state index contributed by atoms with van der Waals surface area (Å²) in [5.74, 6) is 1.68. The molecule has 1 aliphatic rings. The highest BCUT2D eigenvalue weighted by Gasteiger charge is 2.24. The molecule has 4 nitrogen and oxygen atoms in total. The minimum atomic E-state index is 0.197. The zero-order valence-corrected chi connectivity index (χ0v) is 13.2. The van der Waals surface area contributed by atoms with E-state index < -0.39 is 0 Å². The number of ether oxygens (including phenoxy) is 2. The van der Waals surface area contributed by atoms with Gasteiger partial charge in [0.25, 0.3) is 0 Å². The van der Waals surface area contributed by atoms with Crippen LogP contribution < -0.4 is 14.8 Å². The molecule has 0 aliphatic carbocycles. The van der Waals surface area contributed by atoms with Crippen LogP contribution in [0.5, 0.6) is 11.5 Å².